The minimum atomic E-state index is -0.255. The maximum absolute atomic E-state index is 12.1. The van der Waals surface area contributed by atoms with Crippen molar-refractivity contribution in [2.45, 2.75) is 0 Å². The van der Waals surface area contributed by atoms with Crippen LogP contribution in [0.15, 0.2) is 83.9 Å². The van der Waals surface area contributed by atoms with Crippen molar-refractivity contribution in [3.63, 3.8) is 0 Å². The summed E-state index contributed by atoms with van der Waals surface area (Å²) < 4.78 is 10.7. The molecule has 3 aromatic rings. The molecule has 0 aliphatic heterocycles. The van der Waals surface area contributed by atoms with Crippen LogP contribution in [-0.4, -0.2) is 25.8 Å². The summed E-state index contributed by atoms with van der Waals surface area (Å²) >= 11 is 0. The molecular formula is C22H20N2O3. The highest BCUT2D eigenvalue weighted by molar-refractivity contribution is 5.93. The molecule has 0 aliphatic carbocycles. The van der Waals surface area contributed by atoms with E-state index >= 15 is 0 Å². The second kappa shape index (κ2) is 9.20. The third-order valence-corrected chi connectivity index (χ3v) is 3.75. The Balaban J connectivity index is 1.52. The molecule has 0 radical (unpaired) electrons. The number of hydrogen-bond donors (Lipinski definition) is 1. The van der Waals surface area contributed by atoms with Crippen LogP contribution in [0.5, 0.6) is 11.5 Å². The molecule has 3 rings (SSSR count). The maximum Gasteiger partial charge on any atom is 0.262 e. The van der Waals surface area contributed by atoms with E-state index in [-0.39, 0.29) is 12.5 Å². The van der Waals surface area contributed by atoms with Gasteiger partial charge in [-0.05, 0) is 54.1 Å². The van der Waals surface area contributed by atoms with E-state index in [0.717, 1.165) is 11.3 Å². The van der Waals surface area contributed by atoms with Gasteiger partial charge in [-0.1, -0.05) is 30.3 Å². The predicted molar refractivity (Wildman–Crippen MR) is 107 cm³/mol. The normalized spacial score (nSPS) is 10.6. The summed E-state index contributed by atoms with van der Waals surface area (Å²) in [5.41, 5.74) is 2.46. The van der Waals surface area contributed by atoms with E-state index in [4.69, 9.17) is 9.47 Å². The lowest BCUT2D eigenvalue weighted by atomic mass is 10.2. The Kier molecular flexibility index (Phi) is 6.20. The zero-order valence-electron chi connectivity index (χ0n) is 15.0. The lowest BCUT2D eigenvalue weighted by Crippen LogP contribution is -2.20. The summed E-state index contributed by atoms with van der Waals surface area (Å²) in [6, 6.07) is 24.3. The molecular weight excluding hydrogens is 340 g/mol. The predicted octanol–water partition coefficient (Wildman–Crippen LogP) is 4.46. The topological polar surface area (TPSA) is 59.9 Å². The van der Waals surface area contributed by atoms with Crippen molar-refractivity contribution < 1.29 is 14.3 Å². The minimum absolute atomic E-state index is 0.0878. The monoisotopic (exact) mass is 360 g/mol. The Hall–Kier alpha value is -3.60. The molecule has 0 fully saturated rings. The Morgan fingerprint density at radius 2 is 1.67 bits per heavy atom. The lowest BCUT2D eigenvalue weighted by Gasteiger charge is -2.10. The molecule has 0 saturated heterocycles. The lowest BCUT2D eigenvalue weighted by molar-refractivity contribution is -0.118. The van der Waals surface area contributed by atoms with Gasteiger partial charge in [-0.15, -0.1) is 0 Å². The fraction of sp³-hybridized carbons (Fsp3) is 0.0909. The van der Waals surface area contributed by atoms with Gasteiger partial charge in [0.05, 0.1) is 18.5 Å². The average molecular weight is 360 g/mol. The standard InChI is InChI=1S/C22H20N2O3/c1-26-21-10-6-5-9-20(21)24-22(25)16-27-19-13-11-17(12-14-19)15-23-18-7-3-2-4-8-18/h2-15H,16H2,1H3,(H,24,25). The minimum Gasteiger partial charge on any atom is -0.495 e. The fourth-order valence-electron chi connectivity index (χ4n) is 2.40. The van der Waals surface area contributed by atoms with Gasteiger partial charge in [0.2, 0.25) is 0 Å². The number of carbonyl (C=O) groups excluding carboxylic acids is 1. The quantitative estimate of drug-likeness (QED) is 0.633. The van der Waals surface area contributed by atoms with Crippen LogP contribution in [0.4, 0.5) is 11.4 Å². The van der Waals surface area contributed by atoms with Gasteiger partial charge >= 0.3 is 0 Å². The number of aliphatic imine (C=N–C) groups is 1. The number of methoxy groups -OCH3 is 1. The highest BCUT2D eigenvalue weighted by Crippen LogP contribution is 2.23. The van der Waals surface area contributed by atoms with Crippen LogP contribution in [0.1, 0.15) is 5.56 Å². The van der Waals surface area contributed by atoms with E-state index < -0.39 is 0 Å². The molecule has 0 aliphatic rings. The SMILES string of the molecule is COc1ccccc1NC(=O)COc1ccc(C=Nc2ccccc2)cc1. The maximum atomic E-state index is 12.1. The number of benzene rings is 3. The number of hydrogen-bond acceptors (Lipinski definition) is 4. The summed E-state index contributed by atoms with van der Waals surface area (Å²) in [5.74, 6) is 0.962. The van der Waals surface area contributed by atoms with Gasteiger partial charge < -0.3 is 14.8 Å². The van der Waals surface area contributed by atoms with Crippen LogP contribution in [0, 0.1) is 0 Å². The fourth-order valence-corrected chi connectivity index (χ4v) is 2.40. The summed E-state index contributed by atoms with van der Waals surface area (Å²) in [6.45, 7) is -0.0878. The summed E-state index contributed by atoms with van der Waals surface area (Å²) in [4.78, 5) is 16.5. The van der Waals surface area contributed by atoms with Gasteiger partial charge in [-0.25, -0.2) is 0 Å². The smallest absolute Gasteiger partial charge is 0.262 e. The van der Waals surface area contributed by atoms with Crippen LogP contribution < -0.4 is 14.8 Å². The van der Waals surface area contributed by atoms with Crippen LogP contribution in [-0.2, 0) is 4.79 Å². The molecule has 5 heteroatoms. The molecule has 3 aromatic carbocycles. The van der Waals surface area contributed by atoms with Crippen LogP contribution in [0.3, 0.4) is 0 Å². The molecule has 1 amide bonds. The van der Waals surface area contributed by atoms with E-state index in [1.807, 2.05) is 66.7 Å². The summed E-state index contributed by atoms with van der Waals surface area (Å²) in [7, 11) is 1.56. The van der Waals surface area contributed by atoms with E-state index in [9.17, 15) is 4.79 Å². The van der Waals surface area contributed by atoms with Crippen molar-refractivity contribution in [1.29, 1.82) is 0 Å². The largest absolute Gasteiger partial charge is 0.495 e. The molecule has 136 valence electrons. The zero-order valence-corrected chi connectivity index (χ0v) is 15.0. The second-order valence-corrected chi connectivity index (χ2v) is 5.70. The van der Waals surface area contributed by atoms with Gasteiger partial charge in [0, 0.05) is 6.21 Å². The molecule has 0 bridgehead atoms. The van der Waals surface area contributed by atoms with Crippen LogP contribution >= 0.6 is 0 Å². The molecule has 0 atom stereocenters. The number of ether oxygens (including phenoxy) is 2. The van der Waals surface area contributed by atoms with Crippen molar-refractivity contribution in [2.24, 2.45) is 4.99 Å². The molecule has 27 heavy (non-hydrogen) atoms. The van der Waals surface area contributed by atoms with Crippen molar-refractivity contribution in [2.75, 3.05) is 19.0 Å². The van der Waals surface area contributed by atoms with Gasteiger partial charge in [0.15, 0.2) is 6.61 Å². The third kappa shape index (κ3) is 5.44. The van der Waals surface area contributed by atoms with E-state index in [1.54, 1.807) is 25.5 Å². The highest BCUT2D eigenvalue weighted by atomic mass is 16.5. The number of para-hydroxylation sites is 3. The molecule has 0 unspecified atom stereocenters. The van der Waals surface area contributed by atoms with Gasteiger partial charge in [0.25, 0.3) is 5.91 Å². The van der Waals surface area contributed by atoms with Crippen molar-refractivity contribution in [3.8, 4) is 11.5 Å². The molecule has 1 N–H and O–H groups in total. The van der Waals surface area contributed by atoms with Crippen LogP contribution in [0.25, 0.3) is 0 Å². The zero-order chi connectivity index (χ0) is 18.9. The Morgan fingerprint density at radius 1 is 0.963 bits per heavy atom. The Morgan fingerprint density at radius 3 is 2.41 bits per heavy atom. The van der Waals surface area contributed by atoms with Gasteiger partial charge in [-0.3, -0.25) is 9.79 Å². The van der Waals surface area contributed by atoms with Crippen molar-refractivity contribution in [3.05, 3.63) is 84.4 Å². The average Bonchev–Trinajstić information content (AvgIpc) is 2.72. The number of anilines is 1. The second-order valence-electron chi connectivity index (χ2n) is 5.70. The number of nitrogens with zero attached hydrogens (tertiary/aromatic N) is 1. The Labute approximate surface area is 158 Å². The first-order valence-electron chi connectivity index (χ1n) is 8.49. The summed E-state index contributed by atoms with van der Waals surface area (Å²) in [6.07, 6.45) is 1.79. The van der Waals surface area contributed by atoms with Crippen molar-refractivity contribution in [1.82, 2.24) is 0 Å². The first-order chi connectivity index (χ1) is 13.2. The van der Waals surface area contributed by atoms with Gasteiger partial charge in [0.1, 0.15) is 11.5 Å². The first kappa shape index (κ1) is 18.2. The molecule has 5 nitrogen and oxygen atoms in total. The highest BCUT2D eigenvalue weighted by Gasteiger charge is 2.07. The number of nitrogens with one attached hydrogen (secondary N) is 1. The molecule has 0 aromatic heterocycles. The number of rotatable bonds is 7. The molecule has 0 spiro atoms. The third-order valence-electron chi connectivity index (χ3n) is 3.75. The van der Waals surface area contributed by atoms with E-state index in [2.05, 4.69) is 10.3 Å². The number of amides is 1. The van der Waals surface area contributed by atoms with E-state index in [1.165, 1.54) is 0 Å². The summed E-state index contributed by atoms with van der Waals surface area (Å²) in [5, 5.41) is 2.77. The number of carbonyl (C=O) groups is 1. The molecule has 0 saturated carbocycles. The van der Waals surface area contributed by atoms with Crippen molar-refractivity contribution >= 4 is 23.5 Å². The first-order valence-corrected chi connectivity index (χ1v) is 8.49. The van der Waals surface area contributed by atoms with E-state index in [0.29, 0.717) is 17.2 Å². The van der Waals surface area contributed by atoms with Crippen LogP contribution in [0.2, 0.25) is 0 Å². The Bertz CT molecular complexity index is 906. The van der Waals surface area contributed by atoms with Gasteiger partial charge in [-0.2, -0.15) is 0 Å². The molecule has 0 heterocycles.